The van der Waals surface area contributed by atoms with Gasteiger partial charge in [-0.3, -0.25) is 9.59 Å². The highest BCUT2D eigenvalue weighted by molar-refractivity contribution is 5.85. The summed E-state index contributed by atoms with van der Waals surface area (Å²) >= 11 is 0. The van der Waals surface area contributed by atoms with Crippen molar-refractivity contribution in [1.82, 2.24) is 0 Å². The topological polar surface area (TPSA) is 86.2 Å². The van der Waals surface area contributed by atoms with Crippen LogP contribution >= 0.6 is 0 Å². The van der Waals surface area contributed by atoms with Crippen LogP contribution in [0.15, 0.2) is 12.2 Å². The molecule has 1 atom stereocenters. The molecule has 0 saturated heterocycles. The summed E-state index contributed by atoms with van der Waals surface area (Å²) in [5.41, 5.74) is 10.3. The van der Waals surface area contributed by atoms with Gasteiger partial charge in [0, 0.05) is 6.42 Å². The van der Waals surface area contributed by atoms with Gasteiger partial charge in [0.05, 0.1) is 5.92 Å². The fourth-order valence-electron chi connectivity index (χ4n) is 2.14. The fourth-order valence-corrected chi connectivity index (χ4v) is 2.14. The molecule has 0 fully saturated rings. The number of carbonyl (C=O) groups is 2. The lowest BCUT2D eigenvalue weighted by Gasteiger charge is -2.05. The molecule has 0 spiro atoms. The Morgan fingerprint density at radius 1 is 0.950 bits per heavy atom. The predicted octanol–water partition coefficient (Wildman–Crippen LogP) is 3.05. The largest absolute Gasteiger partial charge is 0.370 e. The van der Waals surface area contributed by atoms with Crippen molar-refractivity contribution in [3.63, 3.8) is 0 Å². The molecule has 0 radical (unpaired) electrons. The Labute approximate surface area is 123 Å². The van der Waals surface area contributed by atoms with Crippen LogP contribution in [-0.4, -0.2) is 11.8 Å². The van der Waals surface area contributed by atoms with Gasteiger partial charge in [0.15, 0.2) is 0 Å². The Balaban J connectivity index is 3.58. The summed E-state index contributed by atoms with van der Waals surface area (Å²) in [6.07, 6.45) is 14.8. The number of carbonyl (C=O) groups excluding carboxylic acids is 2. The molecule has 0 aromatic carbocycles. The lowest BCUT2D eigenvalue weighted by atomic mass is 10.0. The number of nitrogens with two attached hydrogens (primary N) is 2. The van der Waals surface area contributed by atoms with Crippen molar-refractivity contribution >= 4 is 11.8 Å². The number of unbranched alkanes of at least 4 members (excludes halogenated alkanes) is 8. The fraction of sp³-hybridized carbons (Fsp3) is 0.750. The zero-order chi connectivity index (χ0) is 15.2. The maximum absolute atomic E-state index is 11.1. The van der Waals surface area contributed by atoms with Gasteiger partial charge in [-0.2, -0.15) is 0 Å². The van der Waals surface area contributed by atoms with E-state index < -0.39 is 17.7 Å². The van der Waals surface area contributed by atoms with E-state index in [9.17, 15) is 9.59 Å². The quantitative estimate of drug-likeness (QED) is 0.402. The summed E-state index contributed by atoms with van der Waals surface area (Å²) in [6.45, 7) is 2.23. The van der Waals surface area contributed by atoms with Gasteiger partial charge in [0.1, 0.15) is 0 Å². The van der Waals surface area contributed by atoms with Crippen molar-refractivity contribution in [3.8, 4) is 0 Å². The first kappa shape index (κ1) is 18.7. The van der Waals surface area contributed by atoms with E-state index in [1.807, 2.05) is 6.08 Å². The molecule has 4 heteroatoms. The number of rotatable bonds is 13. The summed E-state index contributed by atoms with van der Waals surface area (Å²) < 4.78 is 0. The van der Waals surface area contributed by atoms with Crippen molar-refractivity contribution < 1.29 is 9.59 Å². The molecule has 0 aliphatic carbocycles. The molecule has 2 amide bonds. The maximum atomic E-state index is 11.1. The molecule has 0 aliphatic rings. The van der Waals surface area contributed by atoms with Gasteiger partial charge in [0.25, 0.3) is 0 Å². The van der Waals surface area contributed by atoms with Crippen LogP contribution in [0, 0.1) is 5.92 Å². The van der Waals surface area contributed by atoms with E-state index in [-0.39, 0.29) is 6.42 Å². The Bertz CT molecular complexity index is 301. The molecular formula is C16H30N2O2. The van der Waals surface area contributed by atoms with Crippen molar-refractivity contribution in [2.45, 2.75) is 71.1 Å². The van der Waals surface area contributed by atoms with Gasteiger partial charge in [-0.15, -0.1) is 0 Å². The van der Waals surface area contributed by atoms with Crippen LogP contribution in [0.4, 0.5) is 0 Å². The molecule has 0 aliphatic heterocycles. The summed E-state index contributed by atoms with van der Waals surface area (Å²) in [5.74, 6) is -1.54. The van der Waals surface area contributed by atoms with Gasteiger partial charge < -0.3 is 11.5 Å². The molecule has 0 heterocycles. The Morgan fingerprint density at radius 3 is 2.00 bits per heavy atom. The molecule has 1 unspecified atom stereocenters. The SMILES string of the molecule is CCCCCCCCCCC=CC(CC(N)=O)C(N)=O. The van der Waals surface area contributed by atoms with E-state index in [1.54, 1.807) is 6.08 Å². The van der Waals surface area contributed by atoms with E-state index in [0.29, 0.717) is 0 Å². The lowest BCUT2D eigenvalue weighted by Crippen LogP contribution is -2.26. The molecule has 0 aromatic heterocycles. The minimum atomic E-state index is -0.554. The summed E-state index contributed by atoms with van der Waals surface area (Å²) in [5, 5.41) is 0. The zero-order valence-electron chi connectivity index (χ0n) is 12.8. The molecule has 116 valence electrons. The molecule has 0 rings (SSSR count). The second kappa shape index (κ2) is 12.7. The van der Waals surface area contributed by atoms with E-state index in [1.165, 1.54) is 44.9 Å². The van der Waals surface area contributed by atoms with Crippen LogP contribution < -0.4 is 11.5 Å². The van der Waals surface area contributed by atoms with Gasteiger partial charge in [-0.1, -0.05) is 64.0 Å². The molecule has 4 N–H and O–H groups in total. The third kappa shape index (κ3) is 11.8. The summed E-state index contributed by atoms with van der Waals surface area (Å²) in [4.78, 5) is 21.9. The Hall–Kier alpha value is -1.32. The number of amides is 2. The van der Waals surface area contributed by atoms with Gasteiger partial charge >= 0.3 is 0 Å². The number of primary amides is 2. The predicted molar refractivity (Wildman–Crippen MR) is 82.9 cm³/mol. The van der Waals surface area contributed by atoms with Crippen molar-refractivity contribution in [3.05, 3.63) is 12.2 Å². The minimum Gasteiger partial charge on any atom is -0.370 e. The summed E-state index contributed by atoms with van der Waals surface area (Å²) in [7, 11) is 0. The zero-order valence-corrected chi connectivity index (χ0v) is 12.8. The number of hydrogen-bond donors (Lipinski definition) is 2. The maximum Gasteiger partial charge on any atom is 0.224 e. The smallest absolute Gasteiger partial charge is 0.224 e. The van der Waals surface area contributed by atoms with E-state index in [4.69, 9.17) is 11.5 Å². The normalized spacial score (nSPS) is 12.7. The first-order valence-corrected chi connectivity index (χ1v) is 7.82. The molecule has 4 nitrogen and oxygen atoms in total. The van der Waals surface area contributed by atoms with Crippen molar-refractivity contribution in [2.24, 2.45) is 17.4 Å². The first-order chi connectivity index (χ1) is 9.57. The van der Waals surface area contributed by atoms with Gasteiger partial charge in [-0.05, 0) is 12.8 Å². The van der Waals surface area contributed by atoms with Crippen molar-refractivity contribution in [1.29, 1.82) is 0 Å². The third-order valence-corrected chi connectivity index (χ3v) is 3.38. The molecular weight excluding hydrogens is 252 g/mol. The highest BCUT2D eigenvalue weighted by Gasteiger charge is 2.13. The van der Waals surface area contributed by atoms with Crippen LogP contribution in [0.5, 0.6) is 0 Å². The lowest BCUT2D eigenvalue weighted by molar-refractivity contribution is -0.125. The van der Waals surface area contributed by atoms with E-state index >= 15 is 0 Å². The van der Waals surface area contributed by atoms with Crippen LogP contribution in [-0.2, 0) is 9.59 Å². The Morgan fingerprint density at radius 2 is 1.50 bits per heavy atom. The van der Waals surface area contributed by atoms with Crippen LogP contribution in [0.1, 0.15) is 71.1 Å². The van der Waals surface area contributed by atoms with Crippen LogP contribution in [0.25, 0.3) is 0 Å². The minimum absolute atomic E-state index is 0.00324. The molecule has 20 heavy (non-hydrogen) atoms. The highest BCUT2D eigenvalue weighted by atomic mass is 16.2. The highest BCUT2D eigenvalue weighted by Crippen LogP contribution is 2.11. The van der Waals surface area contributed by atoms with Gasteiger partial charge in [-0.25, -0.2) is 0 Å². The average Bonchev–Trinajstić information content (AvgIpc) is 2.39. The summed E-state index contributed by atoms with van der Waals surface area (Å²) in [6, 6.07) is 0. The van der Waals surface area contributed by atoms with E-state index in [0.717, 1.165) is 12.8 Å². The molecule has 0 aromatic rings. The monoisotopic (exact) mass is 282 g/mol. The average molecular weight is 282 g/mol. The van der Waals surface area contributed by atoms with Crippen LogP contribution in [0.3, 0.4) is 0 Å². The molecule has 0 saturated carbocycles. The number of allylic oxidation sites excluding steroid dienone is 1. The standard InChI is InChI=1S/C16H30N2O2/c1-2-3-4-5-6-7-8-9-10-11-12-14(16(18)20)13-15(17)19/h11-12,14H,2-10,13H2,1H3,(H2,17,19)(H2,18,20). The third-order valence-electron chi connectivity index (χ3n) is 3.38. The van der Waals surface area contributed by atoms with Gasteiger partial charge in [0.2, 0.25) is 11.8 Å². The Kier molecular flexibility index (Phi) is 11.9. The number of hydrogen-bond acceptors (Lipinski definition) is 2. The second-order valence-electron chi connectivity index (χ2n) is 5.37. The van der Waals surface area contributed by atoms with E-state index in [2.05, 4.69) is 6.92 Å². The van der Waals surface area contributed by atoms with Crippen LogP contribution in [0.2, 0.25) is 0 Å². The van der Waals surface area contributed by atoms with Crippen molar-refractivity contribution in [2.75, 3.05) is 0 Å². The second-order valence-corrected chi connectivity index (χ2v) is 5.37. The first-order valence-electron chi connectivity index (χ1n) is 7.82. The molecule has 0 bridgehead atoms.